The molecule has 1 N–H and O–H groups in total. The van der Waals surface area contributed by atoms with Crippen molar-refractivity contribution in [2.24, 2.45) is 4.99 Å². The van der Waals surface area contributed by atoms with Gasteiger partial charge in [0, 0.05) is 52.4 Å². The van der Waals surface area contributed by atoms with Gasteiger partial charge in [0.2, 0.25) is 0 Å². The van der Waals surface area contributed by atoms with Gasteiger partial charge in [0.05, 0.1) is 11.4 Å². The van der Waals surface area contributed by atoms with Crippen LogP contribution in [0.25, 0.3) is 0 Å². The van der Waals surface area contributed by atoms with E-state index in [9.17, 15) is 12.8 Å². The molecule has 2 heterocycles. The van der Waals surface area contributed by atoms with E-state index in [0.717, 1.165) is 44.5 Å². The van der Waals surface area contributed by atoms with Crippen molar-refractivity contribution in [1.29, 1.82) is 0 Å². The van der Waals surface area contributed by atoms with Gasteiger partial charge in [0.15, 0.2) is 15.8 Å². The predicted octanol–water partition coefficient (Wildman–Crippen LogP) is 1.60. The number of sulfone groups is 1. The van der Waals surface area contributed by atoms with Crippen LogP contribution < -0.4 is 5.32 Å². The zero-order valence-corrected chi connectivity index (χ0v) is 19.3. The van der Waals surface area contributed by atoms with Crippen LogP contribution in [0.15, 0.2) is 51.0 Å². The molecule has 160 valence electrons. The third-order valence-electron chi connectivity index (χ3n) is 4.59. The van der Waals surface area contributed by atoms with E-state index in [0.29, 0.717) is 5.96 Å². The monoisotopic (exact) mass is 537 g/mol. The molecule has 0 unspecified atom stereocenters. The van der Waals surface area contributed by atoms with Crippen LogP contribution in [0.3, 0.4) is 0 Å². The summed E-state index contributed by atoms with van der Waals surface area (Å²) in [5, 5.41) is 7.00. The predicted molar refractivity (Wildman–Crippen MR) is 119 cm³/mol. The number of aromatic nitrogens is 1. The van der Waals surface area contributed by atoms with Gasteiger partial charge in [-0.3, -0.25) is 9.89 Å². The molecule has 0 spiro atoms. The average Bonchev–Trinajstić information content (AvgIpc) is 3.19. The number of nitrogens with one attached hydrogen (secondary N) is 1. The van der Waals surface area contributed by atoms with E-state index in [4.69, 9.17) is 4.52 Å². The van der Waals surface area contributed by atoms with Crippen LogP contribution in [0.5, 0.6) is 0 Å². The fourth-order valence-electron chi connectivity index (χ4n) is 3.10. The van der Waals surface area contributed by atoms with E-state index in [1.807, 2.05) is 6.07 Å². The van der Waals surface area contributed by atoms with Crippen molar-refractivity contribution in [1.82, 2.24) is 20.3 Å². The van der Waals surface area contributed by atoms with Gasteiger partial charge in [-0.05, 0) is 12.1 Å². The first-order valence-electron chi connectivity index (χ1n) is 9.04. The van der Waals surface area contributed by atoms with Crippen LogP contribution >= 0.6 is 24.0 Å². The van der Waals surface area contributed by atoms with Crippen LogP contribution in [0.4, 0.5) is 4.39 Å². The molecule has 0 bridgehead atoms. The average molecular weight is 537 g/mol. The van der Waals surface area contributed by atoms with E-state index < -0.39 is 15.7 Å². The van der Waals surface area contributed by atoms with Crippen molar-refractivity contribution in [2.75, 3.05) is 45.5 Å². The SMILES string of the molecule is CN=C(NCCS(=O)(=O)c1ccccc1F)N1CCN(Cc2ccon2)CC1.I. The molecule has 2 aromatic rings. The molecule has 1 aromatic heterocycles. The van der Waals surface area contributed by atoms with Gasteiger partial charge in [0.25, 0.3) is 0 Å². The maximum Gasteiger partial charge on any atom is 0.193 e. The summed E-state index contributed by atoms with van der Waals surface area (Å²) >= 11 is 0. The molecule has 1 aliphatic heterocycles. The molecule has 0 atom stereocenters. The van der Waals surface area contributed by atoms with Crippen molar-refractivity contribution >= 4 is 39.8 Å². The molecule has 1 saturated heterocycles. The van der Waals surface area contributed by atoms with E-state index in [1.54, 1.807) is 13.3 Å². The second-order valence-electron chi connectivity index (χ2n) is 6.48. The van der Waals surface area contributed by atoms with Gasteiger partial charge >= 0.3 is 0 Å². The quantitative estimate of drug-likeness (QED) is 0.340. The minimum Gasteiger partial charge on any atom is -0.364 e. The Bertz CT molecular complexity index is 900. The largest absolute Gasteiger partial charge is 0.364 e. The number of guanidine groups is 1. The summed E-state index contributed by atoms with van der Waals surface area (Å²) in [6.45, 7) is 4.08. The number of halogens is 2. The molecule has 0 saturated carbocycles. The van der Waals surface area contributed by atoms with Crippen molar-refractivity contribution in [3.63, 3.8) is 0 Å². The zero-order chi connectivity index (χ0) is 20.0. The lowest BCUT2D eigenvalue weighted by Crippen LogP contribution is -2.52. The van der Waals surface area contributed by atoms with E-state index in [-0.39, 0.29) is 41.2 Å². The number of rotatable bonds is 6. The Balaban J connectivity index is 0.00000300. The molecule has 3 rings (SSSR count). The topological polar surface area (TPSA) is 91.0 Å². The molecule has 1 aromatic carbocycles. The Hall–Kier alpha value is -1.73. The first kappa shape index (κ1) is 23.5. The second-order valence-corrected chi connectivity index (χ2v) is 8.55. The van der Waals surface area contributed by atoms with Gasteiger partial charge in [-0.1, -0.05) is 17.3 Å². The molecule has 11 heteroatoms. The lowest BCUT2D eigenvalue weighted by molar-refractivity contribution is 0.169. The summed E-state index contributed by atoms with van der Waals surface area (Å²) in [4.78, 5) is 8.32. The summed E-state index contributed by atoms with van der Waals surface area (Å²) in [6.07, 6.45) is 1.56. The number of aliphatic imine (C=N–C) groups is 1. The fourth-order valence-corrected chi connectivity index (χ4v) is 4.34. The van der Waals surface area contributed by atoms with E-state index in [2.05, 4.69) is 25.3 Å². The zero-order valence-electron chi connectivity index (χ0n) is 16.1. The van der Waals surface area contributed by atoms with E-state index in [1.165, 1.54) is 18.2 Å². The lowest BCUT2D eigenvalue weighted by Gasteiger charge is -2.36. The van der Waals surface area contributed by atoms with Crippen molar-refractivity contribution in [3.8, 4) is 0 Å². The molecule has 0 amide bonds. The number of nitrogens with zero attached hydrogens (tertiary/aromatic N) is 4. The number of hydrogen-bond donors (Lipinski definition) is 1. The van der Waals surface area contributed by atoms with Gasteiger partial charge < -0.3 is 14.7 Å². The van der Waals surface area contributed by atoms with Crippen molar-refractivity contribution in [2.45, 2.75) is 11.4 Å². The summed E-state index contributed by atoms with van der Waals surface area (Å²) < 4.78 is 43.3. The van der Waals surface area contributed by atoms with Crippen LogP contribution in [0, 0.1) is 5.82 Å². The molecule has 1 aliphatic rings. The maximum absolute atomic E-state index is 13.8. The first-order chi connectivity index (χ1) is 13.5. The van der Waals surface area contributed by atoms with Gasteiger partial charge in [0.1, 0.15) is 17.0 Å². The second kappa shape index (κ2) is 10.9. The molecular formula is C18H25FIN5O3S. The standard InChI is InChI=1S/C18H24FN5O3S.HI/c1-20-18(21-7-13-28(25,26)17-5-3-2-4-16(17)19)24-10-8-23(9-11-24)14-15-6-12-27-22-15;/h2-6,12H,7-11,13-14H2,1H3,(H,20,21);1H. The first-order valence-corrected chi connectivity index (χ1v) is 10.7. The third-order valence-corrected chi connectivity index (χ3v) is 6.33. The molecule has 8 nitrogen and oxygen atoms in total. The summed E-state index contributed by atoms with van der Waals surface area (Å²) in [7, 11) is -2.04. The van der Waals surface area contributed by atoms with Gasteiger partial charge in [-0.2, -0.15) is 0 Å². The molecule has 29 heavy (non-hydrogen) atoms. The highest BCUT2D eigenvalue weighted by atomic mass is 127. The number of piperazine rings is 1. The van der Waals surface area contributed by atoms with Gasteiger partial charge in [-0.25, -0.2) is 12.8 Å². The lowest BCUT2D eigenvalue weighted by atomic mass is 10.3. The van der Waals surface area contributed by atoms with Crippen molar-refractivity contribution < 1.29 is 17.3 Å². The van der Waals surface area contributed by atoms with Crippen LogP contribution in [-0.4, -0.2) is 74.9 Å². The number of benzene rings is 1. The normalized spacial score (nSPS) is 15.8. The summed E-state index contributed by atoms with van der Waals surface area (Å²) in [6, 6.07) is 7.27. The minimum atomic E-state index is -3.70. The smallest absolute Gasteiger partial charge is 0.193 e. The molecule has 0 radical (unpaired) electrons. The summed E-state index contributed by atoms with van der Waals surface area (Å²) in [5.41, 5.74) is 0.898. The highest BCUT2D eigenvalue weighted by Gasteiger charge is 2.22. The van der Waals surface area contributed by atoms with Crippen molar-refractivity contribution in [3.05, 3.63) is 48.1 Å². The third kappa shape index (κ3) is 6.37. The highest BCUT2D eigenvalue weighted by Crippen LogP contribution is 2.15. The Morgan fingerprint density at radius 2 is 1.97 bits per heavy atom. The fraction of sp³-hybridized carbons (Fsp3) is 0.444. The van der Waals surface area contributed by atoms with Crippen LogP contribution in [0.1, 0.15) is 5.69 Å². The molecular weight excluding hydrogens is 512 g/mol. The summed E-state index contributed by atoms with van der Waals surface area (Å²) in [5.74, 6) is -0.293. The maximum atomic E-state index is 13.8. The van der Waals surface area contributed by atoms with Crippen LogP contribution in [0.2, 0.25) is 0 Å². The Labute approximate surface area is 187 Å². The minimum absolute atomic E-state index is 0. The number of hydrogen-bond acceptors (Lipinski definition) is 6. The van der Waals surface area contributed by atoms with Crippen LogP contribution in [-0.2, 0) is 16.4 Å². The Kier molecular flexibility index (Phi) is 8.83. The molecule has 1 fully saturated rings. The van der Waals surface area contributed by atoms with Gasteiger partial charge in [-0.15, -0.1) is 24.0 Å². The van der Waals surface area contributed by atoms with E-state index >= 15 is 0 Å². The highest BCUT2D eigenvalue weighted by molar-refractivity contribution is 14.0. The Morgan fingerprint density at radius 1 is 1.24 bits per heavy atom. The Morgan fingerprint density at radius 3 is 2.59 bits per heavy atom. The molecule has 0 aliphatic carbocycles.